The Balaban J connectivity index is 0.000000210. The number of carbonyl (C=O) groups is 1. The predicted molar refractivity (Wildman–Crippen MR) is 210 cm³/mol. The number of hydrogen-bond acceptors (Lipinski definition) is 10. The first-order valence-corrected chi connectivity index (χ1v) is 17.3. The predicted octanol–water partition coefficient (Wildman–Crippen LogP) is 8.27. The van der Waals surface area contributed by atoms with Crippen molar-refractivity contribution in [1.29, 1.82) is 0 Å². The van der Waals surface area contributed by atoms with E-state index in [-0.39, 0.29) is 0 Å². The van der Waals surface area contributed by atoms with Gasteiger partial charge in [0.1, 0.15) is 35.7 Å². The van der Waals surface area contributed by atoms with E-state index in [1.807, 2.05) is 84.9 Å². The molecule has 0 unspecified atom stereocenters. The second-order valence-corrected chi connectivity index (χ2v) is 12.1. The third kappa shape index (κ3) is 9.48. The Bertz CT molecular complexity index is 2180. The quantitative estimate of drug-likeness (QED) is 0.122. The number of aryl methyl sites for hydroxylation is 1. The molecule has 0 fully saturated rings. The Hall–Kier alpha value is -6.49. The zero-order chi connectivity index (χ0) is 38.5. The smallest absolute Gasteiger partial charge is 0.413 e. The maximum atomic E-state index is 11.9. The number of benzene rings is 4. The molecule has 0 aliphatic rings. The molecule has 0 aliphatic carbocycles. The van der Waals surface area contributed by atoms with E-state index in [1.165, 1.54) is 23.1 Å². The molecule has 54 heavy (non-hydrogen) atoms. The molecule has 0 bridgehead atoms. The van der Waals surface area contributed by atoms with E-state index in [1.54, 1.807) is 48.1 Å². The van der Waals surface area contributed by atoms with E-state index in [2.05, 4.69) is 39.0 Å². The van der Waals surface area contributed by atoms with E-state index < -0.39 is 6.09 Å². The number of amides is 1. The van der Waals surface area contributed by atoms with Crippen molar-refractivity contribution in [3.8, 4) is 45.5 Å². The highest BCUT2D eigenvalue weighted by atomic mass is 16.5. The lowest BCUT2D eigenvalue weighted by atomic mass is 10.0. The number of nitrogens with zero attached hydrogens (tertiary/aromatic N) is 5. The second kappa shape index (κ2) is 18.8. The first-order chi connectivity index (χ1) is 26.3. The van der Waals surface area contributed by atoms with Crippen LogP contribution in [-0.2, 0) is 24.0 Å². The van der Waals surface area contributed by atoms with Crippen LogP contribution < -0.4 is 23.8 Å². The van der Waals surface area contributed by atoms with E-state index >= 15 is 0 Å². The van der Waals surface area contributed by atoms with Gasteiger partial charge in [0.15, 0.2) is 0 Å². The van der Waals surface area contributed by atoms with Crippen molar-refractivity contribution < 1.29 is 28.5 Å². The molecular weight excluding hydrogens is 683 g/mol. The van der Waals surface area contributed by atoms with Crippen LogP contribution in [0, 0.1) is 0 Å². The standard InChI is InChI=1S/C22H23N3O4.C21H22N2O2/c1-25(22(26)29-4)19-12-15(9-10-21(19)28-3)11-16-13-18(24-14-23-16)17-7-5-6-8-20(17)27-2;1-4-16-11-15(9-10-20(16)24-2)12-17-13-19(23-14-22-17)18-7-5-6-8-21(18)25-3/h5-10,12-14H,11H2,1-4H3;5-11,13-14H,4,12H2,1-3H3. The maximum Gasteiger partial charge on any atom is 0.413 e. The Morgan fingerprint density at radius 3 is 1.54 bits per heavy atom. The fraction of sp³-hybridized carbons (Fsp3) is 0.233. The van der Waals surface area contributed by atoms with Gasteiger partial charge in [-0.15, -0.1) is 0 Å². The van der Waals surface area contributed by atoms with Crippen molar-refractivity contribution in [1.82, 2.24) is 19.9 Å². The summed E-state index contributed by atoms with van der Waals surface area (Å²) in [6.07, 6.45) is 4.94. The maximum absolute atomic E-state index is 11.9. The molecule has 6 aromatic rings. The molecule has 11 nitrogen and oxygen atoms in total. The molecule has 1 amide bonds. The van der Waals surface area contributed by atoms with Crippen molar-refractivity contribution in [3.63, 3.8) is 0 Å². The van der Waals surface area contributed by atoms with E-state index in [0.717, 1.165) is 69.6 Å². The van der Waals surface area contributed by atoms with E-state index in [0.29, 0.717) is 17.9 Å². The zero-order valence-corrected chi connectivity index (χ0v) is 31.7. The molecule has 0 atom stereocenters. The van der Waals surface area contributed by atoms with E-state index in [4.69, 9.17) is 23.7 Å². The zero-order valence-electron chi connectivity index (χ0n) is 31.7. The van der Waals surface area contributed by atoms with Gasteiger partial charge < -0.3 is 23.7 Å². The summed E-state index contributed by atoms with van der Waals surface area (Å²) in [5, 5.41) is 0. The summed E-state index contributed by atoms with van der Waals surface area (Å²) in [5.74, 6) is 3.08. The number of carbonyl (C=O) groups excluding carboxylic acids is 1. The van der Waals surface area contributed by atoms with E-state index in [9.17, 15) is 4.79 Å². The van der Waals surface area contributed by atoms with Gasteiger partial charge in [-0.1, -0.05) is 49.4 Å². The first kappa shape index (κ1) is 38.7. The van der Waals surface area contributed by atoms with Crippen LogP contribution >= 0.6 is 0 Å². The molecule has 4 aromatic carbocycles. The van der Waals surface area contributed by atoms with Crippen molar-refractivity contribution in [2.24, 2.45) is 0 Å². The van der Waals surface area contributed by atoms with Crippen LogP contribution in [0.1, 0.15) is 35.0 Å². The Morgan fingerprint density at radius 2 is 1.06 bits per heavy atom. The molecule has 11 heteroatoms. The third-order valence-corrected chi connectivity index (χ3v) is 8.76. The number of anilines is 1. The largest absolute Gasteiger partial charge is 0.496 e. The van der Waals surface area contributed by atoms with Crippen LogP contribution in [0.3, 0.4) is 0 Å². The third-order valence-electron chi connectivity index (χ3n) is 8.76. The summed E-state index contributed by atoms with van der Waals surface area (Å²) in [6, 6.07) is 31.5. The highest BCUT2D eigenvalue weighted by Crippen LogP contribution is 2.32. The summed E-state index contributed by atoms with van der Waals surface area (Å²) >= 11 is 0. The number of ether oxygens (including phenoxy) is 5. The Kier molecular flexibility index (Phi) is 13.5. The first-order valence-electron chi connectivity index (χ1n) is 17.3. The molecular formula is C43H45N5O6. The molecule has 2 aromatic heterocycles. The van der Waals surface area contributed by atoms with Gasteiger partial charge in [0.05, 0.1) is 52.6 Å². The van der Waals surface area contributed by atoms with Crippen LogP contribution in [-0.4, -0.2) is 68.6 Å². The molecule has 0 saturated heterocycles. The van der Waals surface area contributed by atoms with Gasteiger partial charge >= 0.3 is 6.09 Å². The van der Waals surface area contributed by atoms with Crippen molar-refractivity contribution >= 4 is 11.8 Å². The topological polar surface area (TPSA) is 118 Å². The number of rotatable bonds is 12. The van der Waals surface area contributed by atoms with Crippen LogP contribution in [0.25, 0.3) is 22.5 Å². The van der Waals surface area contributed by atoms with Gasteiger partial charge in [-0.3, -0.25) is 4.90 Å². The normalized spacial score (nSPS) is 10.4. The lowest BCUT2D eigenvalue weighted by molar-refractivity contribution is 0.180. The Morgan fingerprint density at radius 1 is 0.574 bits per heavy atom. The van der Waals surface area contributed by atoms with Crippen LogP contribution in [0.15, 0.2) is 110 Å². The summed E-state index contributed by atoms with van der Waals surface area (Å²) in [4.78, 5) is 31.0. The average Bonchev–Trinajstić information content (AvgIpc) is 3.23. The number of methoxy groups -OCH3 is 5. The number of hydrogen-bond donors (Lipinski definition) is 0. The van der Waals surface area contributed by atoms with Gasteiger partial charge in [0.2, 0.25) is 0 Å². The van der Waals surface area contributed by atoms with Gasteiger partial charge in [-0.05, 0) is 77.7 Å². The second-order valence-electron chi connectivity index (χ2n) is 12.1. The summed E-state index contributed by atoms with van der Waals surface area (Å²) < 4.78 is 26.5. The molecule has 6 rings (SSSR count). The van der Waals surface area contributed by atoms with Gasteiger partial charge in [0, 0.05) is 42.4 Å². The Labute approximate surface area is 316 Å². The molecule has 0 saturated carbocycles. The minimum Gasteiger partial charge on any atom is -0.496 e. The van der Waals surface area contributed by atoms with Crippen LogP contribution in [0.2, 0.25) is 0 Å². The number of para-hydroxylation sites is 2. The fourth-order valence-electron chi connectivity index (χ4n) is 5.97. The molecule has 0 spiro atoms. The molecule has 2 heterocycles. The van der Waals surface area contributed by atoms with Gasteiger partial charge in [-0.2, -0.15) is 0 Å². The minimum absolute atomic E-state index is 0.471. The van der Waals surface area contributed by atoms with Gasteiger partial charge in [0.25, 0.3) is 0 Å². The highest BCUT2D eigenvalue weighted by molar-refractivity contribution is 5.89. The van der Waals surface area contributed by atoms with Crippen molar-refractivity contribution in [3.05, 3.63) is 138 Å². The minimum atomic E-state index is -0.471. The monoisotopic (exact) mass is 727 g/mol. The summed E-state index contributed by atoms with van der Waals surface area (Å²) in [6.45, 7) is 2.13. The van der Waals surface area contributed by atoms with Gasteiger partial charge in [-0.25, -0.2) is 24.7 Å². The summed E-state index contributed by atoms with van der Waals surface area (Å²) in [5.41, 5.74) is 9.36. The SMILES string of the molecule is CCc1cc(Cc2cc(-c3ccccc3OC)ncn2)ccc1OC.COC(=O)N(C)c1cc(Cc2cc(-c3ccccc3OC)ncn2)ccc1OC. The molecule has 0 radical (unpaired) electrons. The average molecular weight is 728 g/mol. The highest BCUT2D eigenvalue weighted by Gasteiger charge is 2.17. The van der Waals surface area contributed by atoms with Crippen LogP contribution in [0.5, 0.6) is 23.0 Å². The molecule has 0 N–H and O–H groups in total. The van der Waals surface area contributed by atoms with Crippen LogP contribution in [0.4, 0.5) is 10.5 Å². The summed E-state index contributed by atoms with van der Waals surface area (Å²) in [7, 11) is 9.56. The molecule has 0 aliphatic heterocycles. The lowest BCUT2D eigenvalue weighted by Crippen LogP contribution is -2.26. The van der Waals surface area contributed by atoms with Crippen molar-refractivity contribution in [2.75, 3.05) is 47.5 Å². The fourth-order valence-corrected chi connectivity index (χ4v) is 5.97. The number of aromatic nitrogens is 4. The molecule has 278 valence electrons. The van der Waals surface area contributed by atoms with Crippen molar-refractivity contribution in [2.45, 2.75) is 26.2 Å². The lowest BCUT2D eigenvalue weighted by Gasteiger charge is -2.19.